The zero-order valence-electron chi connectivity index (χ0n) is 13.9. The number of aromatic nitrogens is 2. The van der Waals surface area contributed by atoms with Gasteiger partial charge in [-0.05, 0) is 31.9 Å². The van der Waals surface area contributed by atoms with Crippen LogP contribution in [-0.2, 0) is 6.54 Å². The second kappa shape index (κ2) is 6.75. The SMILES string of the molecule is CCn1nc(C)cc1C(=O)NC1C(c2ccccc2)CC(O)C1O. The molecular weight excluding hydrogens is 306 g/mol. The monoisotopic (exact) mass is 329 g/mol. The van der Waals surface area contributed by atoms with Crippen LogP contribution < -0.4 is 5.32 Å². The number of aryl methyl sites for hydroxylation is 2. The van der Waals surface area contributed by atoms with Gasteiger partial charge in [0.1, 0.15) is 11.8 Å². The lowest BCUT2D eigenvalue weighted by Crippen LogP contribution is -2.45. The van der Waals surface area contributed by atoms with Gasteiger partial charge < -0.3 is 15.5 Å². The average molecular weight is 329 g/mol. The van der Waals surface area contributed by atoms with Gasteiger partial charge in [0, 0.05) is 12.5 Å². The van der Waals surface area contributed by atoms with Crippen LogP contribution in [0.5, 0.6) is 0 Å². The fourth-order valence-electron chi connectivity index (χ4n) is 3.45. The van der Waals surface area contributed by atoms with E-state index >= 15 is 0 Å². The van der Waals surface area contributed by atoms with Crippen molar-refractivity contribution in [2.24, 2.45) is 0 Å². The highest BCUT2D eigenvalue weighted by Crippen LogP contribution is 2.35. The predicted molar refractivity (Wildman–Crippen MR) is 89.7 cm³/mol. The summed E-state index contributed by atoms with van der Waals surface area (Å²) in [6, 6.07) is 10.9. The Morgan fingerprint density at radius 2 is 2.04 bits per heavy atom. The van der Waals surface area contributed by atoms with Crippen molar-refractivity contribution in [1.29, 1.82) is 0 Å². The van der Waals surface area contributed by atoms with Crippen molar-refractivity contribution in [2.45, 2.75) is 51.0 Å². The molecule has 6 nitrogen and oxygen atoms in total. The third kappa shape index (κ3) is 3.07. The summed E-state index contributed by atoms with van der Waals surface area (Å²) < 4.78 is 1.64. The first-order valence-corrected chi connectivity index (χ1v) is 8.27. The number of nitrogens with zero attached hydrogens (tertiary/aromatic N) is 2. The molecule has 0 spiro atoms. The van der Waals surface area contributed by atoms with Crippen molar-refractivity contribution in [3.05, 3.63) is 53.3 Å². The molecule has 3 rings (SSSR count). The van der Waals surface area contributed by atoms with Crippen LogP contribution in [0.25, 0.3) is 0 Å². The van der Waals surface area contributed by atoms with Gasteiger partial charge in [-0.2, -0.15) is 5.10 Å². The van der Waals surface area contributed by atoms with Gasteiger partial charge >= 0.3 is 0 Å². The van der Waals surface area contributed by atoms with Crippen LogP contribution in [0.15, 0.2) is 36.4 Å². The van der Waals surface area contributed by atoms with E-state index in [0.29, 0.717) is 18.7 Å². The minimum absolute atomic E-state index is 0.126. The van der Waals surface area contributed by atoms with Gasteiger partial charge in [0.2, 0.25) is 0 Å². The molecule has 1 heterocycles. The fourth-order valence-corrected chi connectivity index (χ4v) is 3.45. The minimum atomic E-state index is -0.988. The molecule has 3 N–H and O–H groups in total. The number of hydrogen-bond acceptors (Lipinski definition) is 4. The molecule has 4 unspecified atom stereocenters. The lowest BCUT2D eigenvalue weighted by molar-refractivity contribution is 0.0293. The number of benzene rings is 1. The number of nitrogens with one attached hydrogen (secondary N) is 1. The zero-order valence-corrected chi connectivity index (χ0v) is 13.9. The van der Waals surface area contributed by atoms with E-state index < -0.39 is 18.2 Å². The standard InChI is InChI=1S/C18H23N3O3/c1-3-21-14(9-11(2)20-21)18(24)19-16-13(10-15(22)17(16)23)12-7-5-4-6-8-12/h4-9,13,15-17,22-23H,3,10H2,1-2H3,(H,19,24). The minimum Gasteiger partial charge on any atom is -0.390 e. The maximum Gasteiger partial charge on any atom is 0.269 e. The van der Waals surface area contributed by atoms with Crippen molar-refractivity contribution >= 4 is 5.91 Å². The number of amides is 1. The molecule has 1 saturated carbocycles. The largest absolute Gasteiger partial charge is 0.390 e. The van der Waals surface area contributed by atoms with E-state index in [4.69, 9.17) is 0 Å². The summed E-state index contributed by atoms with van der Waals surface area (Å²) in [6.45, 7) is 4.35. The second-order valence-corrected chi connectivity index (χ2v) is 6.30. The first-order valence-electron chi connectivity index (χ1n) is 8.27. The van der Waals surface area contributed by atoms with Crippen molar-refractivity contribution in [2.75, 3.05) is 0 Å². The topological polar surface area (TPSA) is 87.4 Å². The Morgan fingerprint density at radius 3 is 2.71 bits per heavy atom. The smallest absolute Gasteiger partial charge is 0.269 e. The van der Waals surface area contributed by atoms with Crippen LogP contribution in [0.3, 0.4) is 0 Å². The van der Waals surface area contributed by atoms with Gasteiger partial charge in [0.05, 0.1) is 17.8 Å². The van der Waals surface area contributed by atoms with E-state index in [-0.39, 0.29) is 11.8 Å². The van der Waals surface area contributed by atoms with Crippen LogP contribution in [0.2, 0.25) is 0 Å². The Kier molecular flexibility index (Phi) is 4.69. The Hall–Kier alpha value is -2.18. The highest BCUT2D eigenvalue weighted by molar-refractivity contribution is 5.93. The van der Waals surface area contributed by atoms with E-state index in [2.05, 4.69) is 10.4 Å². The van der Waals surface area contributed by atoms with Crippen molar-refractivity contribution in [3.63, 3.8) is 0 Å². The van der Waals surface area contributed by atoms with Crippen molar-refractivity contribution in [3.8, 4) is 0 Å². The maximum atomic E-state index is 12.7. The molecule has 24 heavy (non-hydrogen) atoms. The highest BCUT2D eigenvalue weighted by atomic mass is 16.3. The number of rotatable bonds is 4. The highest BCUT2D eigenvalue weighted by Gasteiger charge is 2.43. The fraction of sp³-hybridized carbons (Fsp3) is 0.444. The van der Waals surface area contributed by atoms with Gasteiger partial charge in [-0.3, -0.25) is 9.48 Å². The number of aliphatic hydroxyl groups excluding tert-OH is 2. The molecular formula is C18H23N3O3. The molecule has 1 aliphatic rings. The van der Waals surface area contributed by atoms with Crippen LogP contribution in [0.1, 0.15) is 41.0 Å². The molecule has 1 aromatic carbocycles. The third-order valence-corrected chi connectivity index (χ3v) is 4.65. The summed E-state index contributed by atoms with van der Waals surface area (Å²) in [6.07, 6.45) is -1.42. The zero-order chi connectivity index (χ0) is 17.3. The predicted octanol–water partition coefficient (Wildman–Crippen LogP) is 1.22. The molecule has 1 amide bonds. The summed E-state index contributed by atoms with van der Waals surface area (Å²) >= 11 is 0. The Balaban J connectivity index is 1.84. The van der Waals surface area contributed by atoms with E-state index in [1.165, 1.54) is 0 Å². The van der Waals surface area contributed by atoms with Crippen LogP contribution >= 0.6 is 0 Å². The summed E-state index contributed by atoms with van der Waals surface area (Å²) in [5, 5.41) is 27.6. The Morgan fingerprint density at radius 1 is 1.33 bits per heavy atom. The number of hydrogen-bond donors (Lipinski definition) is 3. The van der Waals surface area contributed by atoms with Crippen molar-refractivity contribution < 1.29 is 15.0 Å². The molecule has 2 aromatic rings. The van der Waals surface area contributed by atoms with E-state index in [1.54, 1.807) is 10.7 Å². The summed E-state index contributed by atoms with van der Waals surface area (Å²) in [5.41, 5.74) is 2.24. The molecule has 0 saturated heterocycles. The molecule has 6 heteroatoms. The Labute approximate surface area is 141 Å². The molecule has 1 fully saturated rings. The van der Waals surface area contributed by atoms with Gasteiger partial charge in [-0.25, -0.2) is 0 Å². The van der Waals surface area contributed by atoms with Crippen LogP contribution in [0.4, 0.5) is 0 Å². The van der Waals surface area contributed by atoms with Crippen LogP contribution in [0, 0.1) is 6.92 Å². The molecule has 0 bridgehead atoms. The lowest BCUT2D eigenvalue weighted by Gasteiger charge is -2.24. The normalized spacial score (nSPS) is 26.5. The summed E-state index contributed by atoms with van der Waals surface area (Å²) in [4.78, 5) is 12.7. The summed E-state index contributed by atoms with van der Waals surface area (Å²) in [5.74, 6) is -0.407. The quantitative estimate of drug-likeness (QED) is 0.787. The molecule has 128 valence electrons. The first-order chi connectivity index (χ1) is 11.5. The molecule has 1 aromatic heterocycles. The van der Waals surface area contributed by atoms with Gasteiger partial charge in [0.15, 0.2) is 0 Å². The van der Waals surface area contributed by atoms with E-state index in [9.17, 15) is 15.0 Å². The number of aliphatic hydroxyl groups is 2. The first kappa shape index (κ1) is 16.7. The van der Waals surface area contributed by atoms with E-state index in [0.717, 1.165) is 11.3 Å². The molecule has 0 radical (unpaired) electrons. The van der Waals surface area contributed by atoms with Gasteiger partial charge in [0.25, 0.3) is 5.91 Å². The number of carbonyl (C=O) groups excluding carboxylic acids is 1. The maximum absolute atomic E-state index is 12.7. The molecule has 0 aliphatic heterocycles. The van der Waals surface area contributed by atoms with Crippen LogP contribution in [-0.4, -0.2) is 44.2 Å². The lowest BCUT2D eigenvalue weighted by atomic mass is 9.93. The Bertz CT molecular complexity index is 714. The van der Waals surface area contributed by atoms with Gasteiger partial charge in [-0.1, -0.05) is 30.3 Å². The van der Waals surface area contributed by atoms with Crippen molar-refractivity contribution in [1.82, 2.24) is 15.1 Å². The van der Waals surface area contributed by atoms with Gasteiger partial charge in [-0.15, -0.1) is 0 Å². The molecule has 1 aliphatic carbocycles. The summed E-state index contributed by atoms with van der Waals surface area (Å²) in [7, 11) is 0. The van der Waals surface area contributed by atoms with E-state index in [1.807, 2.05) is 44.2 Å². The molecule has 4 atom stereocenters. The average Bonchev–Trinajstić information content (AvgIpc) is 3.10. The third-order valence-electron chi connectivity index (χ3n) is 4.65. The second-order valence-electron chi connectivity index (χ2n) is 6.30. The number of carbonyl (C=O) groups is 1.